The van der Waals surface area contributed by atoms with E-state index >= 15 is 0 Å². The van der Waals surface area contributed by atoms with Crippen LogP contribution in [-0.4, -0.2) is 18.3 Å². The Kier molecular flexibility index (Phi) is 6.69. The molecule has 0 aliphatic heterocycles. The molecule has 0 saturated carbocycles. The van der Waals surface area contributed by atoms with Gasteiger partial charge in [0.2, 0.25) is 0 Å². The van der Waals surface area contributed by atoms with Gasteiger partial charge in [0.1, 0.15) is 0 Å². The van der Waals surface area contributed by atoms with Crippen molar-refractivity contribution in [1.82, 2.24) is 5.32 Å². The lowest BCUT2D eigenvalue weighted by atomic mass is 10.1. The van der Waals surface area contributed by atoms with Gasteiger partial charge in [0.25, 0.3) is 0 Å². The number of halogens is 1. The fourth-order valence-corrected chi connectivity index (χ4v) is 2.04. The number of unbranched alkanes of at least 4 members (excludes halogenated alkanes) is 2. The standard InChI is InChI=1S/C13H20BrNO/c1-11(15-8-3-2-4-9-16)12-6-5-7-13(14)10-12/h5-7,10-11,15-16H,2-4,8-9H2,1H3/t11-/m1/s1. The molecular weight excluding hydrogens is 266 g/mol. The van der Waals surface area contributed by atoms with Crippen molar-refractivity contribution in [3.63, 3.8) is 0 Å². The molecule has 0 saturated heterocycles. The van der Waals surface area contributed by atoms with Crippen LogP contribution in [0.3, 0.4) is 0 Å². The van der Waals surface area contributed by atoms with Crippen molar-refractivity contribution in [1.29, 1.82) is 0 Å². The molecule has 3 heteroatoms. The first-order valence-corrected chi connectivity index (χ1v) is 6.63. The van der Waals surface area contributed by atoms with Gasteiger partial charge in [-0.05, 0) is 50.4 Å². The third-order valence-corrected chi connectivity index (χ3v) is 3.13. The Bertz CT molecular complexity index is 304. The van der Waals surface area contributed by atoms with E-state index in [1.54, 1.807) is 0 Å². The van der Waals surface area contributed by atoms with Gasteiger partial charge in [0.05, 0.1) is 0 Å². The van der Waals surface area contributed by atoms with Crippen LogP contribution in [0.1, 0.15) is 37.8 Å². The molecule has 0 aliphatic carbocycles. The number of aliphatic hydroxyl groups excluding tert-OH is 1. The molecule has 1 aromatic rings. The van der Waals surface area contributed by atoms with E-state index in [2.05, 4.69) is 46.4 Å². The highest BCUT2D eigenvalue weighted by molar-refractivity contribution is 9.10. The van der Waals surface area contributed by atoms with E-state index in [0.717, 1.165) is 30.3 Å². The highest BCUT2D eigenvalue weighted by Crippen LogP contribution is 2.17. The summed E-state index contributed by atoms with van der Waals surface area (Å²) in [5, 5.41) is 12.1. The van der Waals surface area contributed by atoms with Crippen molar-refractivity contribution in [3.05, 3.63) is 34.3 Å². The number of hydrogen-bond donors (Lipinski definition) is 2. The van der Waals surface area contributed by atoms with Gasteiger partial charge in [-0.15, -0.1) is 0 Å². The van der Waals surface area contributed by atoms with Crippen molar-refractivity contribution < 1.29 is 5.11 Å². The van der Waals surface area contributed by atoms with Gasteiger partial charge in [0.15, 0.2) is 0 Å². The summed E-state index contributed by atoms with van der Waals surface area (Å²) < 4.78 is 1.12. The number of rotatable bonds is 7. The Morgan fingerprint density at radius 1 is 1.31 bits per heavy atom. The molecule has 16 heavy (non-hydrogen) atoms. The van der Waals surface area contributed by atoms with Gasteiger partial charge in [-0.1, -0.05) is 28.1 Å². The quantitative estimate of drug-likeness (QED) is 0.754. The first kappa shape index (κ1) is 13.7. The maximum absolute atomic E-state index is 8.66. The third-order valence-electron chi connectivity index (χ3n) is 2.63. The van der Waals surface area contributed by atoms with Gasteiger partial charge in [-0.25, -0.2) is 0 Å². The number of aliphatic hydroxyl groups is 1. The summed E-state index contributed by atoms with van der Waals surface area (Å²) in [7, 11) is 0. The number of hydrogen-bond acceptors (Lipinski definition) is 2. The number of benzene rings is 1. The van der Waals surface area contributed by atoms with Crippen molar-refractivity contribution >= 4 is 15.9 Å². The summed E-state index contributed by atoms with van der Waals surface area (Å²) in [5.74, 6) is 0. The Hall–Kier alpha value is -0.380. The Balaban J connectivity index is 2.27. The fraction of sp³-hybridized carbons (Fsp3) is 0.538. The van der Waals surface area contributed by atoms with Gasteiger partial charge in [-0.2, -0.15) is 0 Å². The molecule has 1 rings (SSSR count). The predicted molar refractivity (Wildman–Crippen MR) is 71.5 cm³/mol. The van der Waals surface area contributed by atoms with E-state index in [1.165, 1.54) is 5.56 Å². The van der Waals surface area contributed by atoms with Crippen LogP contribution in [0, 0.1) is 0 Å². The summed E-state index contributed by atoms with van der Waals surface area (Å²) in [4.78, 5) is 0. The molecule has 2 N–H and O–H groups in total. The lowest BCUT2D eigenvalue weighted by molar-refractivity contribution is 0.282. The predicted octanol–water partition coefficient (Wildman–Crippen LogP) is 3.26. The van der Waals surface area contributed by atoms with Gasteiger partial charge in [-0.3, -0.25) is 0 Å². The van der Waals surface area contributed by atoms with Crippen molar-refractivity contribution in [3.8, 4) is 0 Å². The number of nitrogens with one attached hydrogen (secondary N) is 1. The molecule has 1 atom stereocenters. The molecule has 0 fully saturated rings. The van der Waals surface area contributed by atoms with Crippen molar-refractivity contribution in [2.75, 3.05) is 13.2 Å². The summed E-state index contributed by atoms with van der Waals surface area (Å²) in [6, 6.07) is 8.76. The second-order valence-electron chi connectivity index (χ2n) is 4.02. The summed E-state index contributed by atoms with van der Waals surface area (Å²) in [6.07, 6.45) is 3.13. The Labute approximate surface area is 106 Å². The van der Waals surface area contributed by atoms with E-state index < -0.39 is 0 Å². The molecule has 0 unspecified atom stereocenters. The molecule has 0 spiro atoms. The first-order valence-electron chi connectivity index (χ1n) is 5.83. The summed E-state index contributed by atoms with van der Waals surface area (Å²) in [6.45, 7) is 3.49. The van der Waals surface area contributed by atoms with Gasteiger partial charge >= 0.3 is 0 Å². The van der Waals surface area contributed by atoms with Crippen LogP contribution in [0.15, 0.2) is 28.7 Å². The zero-order chi connectivity index (χ0) is 11.8. The summed E-state index contributed by atoms with van der Waals surface area (Å²) in [5.41, 5.74) is 1.30. The minimum atomic E-state index is 0.307. The van der Waals surface area contributed by atoms with Gasteiger partial charge in [0, 0.05) is 17.1 Å². The molecule has 0 radical (unpaired) electrons. The molecule has 0 aromatic heterocycles. The second kappa shape index (κ2) is 7.82. The fourth-order valence-electron chi connectivity index (χ4n) is 1.63. The van der Waals surface area contributed by atoms with Gasteiger partial charge < -0.3 is 10.4 Å². The van der Waals surface area contributed by atoms with Crippen LogP contribution in [0.4, 0.5) is 0 Å². The Morgan fingerprint density at radius 2 is 2.12 bits per heavy atom. The van der Waals surface area contributed by atoms with Crippen LogP contribution < -0.4 is 5.32 Å². The average Bonchev–Trinajstić information content (AvgIpc) is 2.28. The lowest BCUT2D eigenvalue weighted by Crippen LogP contribution is -2.19. The van der Waals surface area contributed by atoms with Crippen LogP contribution in [0.25, 0.3) is 0 Å². The smallest absolute Gasteiger partial charge is 0.0431 e. The minimum absolute atomic E-state index is 0.307. The first-order chi connectivity index (χ1) is 7.74. The highest BCUT2D eigenvalue weighted by Gasteiger charge is 2.03. The normalized spacial score (nSPS) is 12.7. The third kappa shape index (κ3) is 5.10. The van der Waals surface area contributed by atoms with E-state index in [-0.39, 0.29) is 0 Å². The molecule has 0 bridgehead atoms. The van der Waals surface area contributed by atoms with Crippen molar-refractivity contribution in [2.45, 2.75) is 32.2 Å². The summed E-state index contributed by atoms with van der Waals surface area (Å²) >= 11 is 3.48. The monoisotopic (exact) mass is 285 g/mol. The van der Waals surface area contributed by atoms with Crippen LogP contribution in [0.2, 0.25) is 0 Å². The lowest BCUT2D eigenvalue weighted by Gasteiger charge is -2.14. The van der Waals surface area contributed by atoms with E-state index in [9.17, 15) is 0 Å². The van der Waals surface area contributed by atoms with E-state index in [0.29, 0.717) is 12.6 Å². The second-order valence-corrected chi connectivity index (χ2v) is 4.93. The van der Waals surface area contributed by atoms with Crippen LogP contribution in [0.5, 0.6) is 0 Å². The van der Waals surface area contributed by atoms with Crippen molar-refractivity contribution in [2.24, 2.45) is 0 Å². The van der Waals surface area contributed by atoms with Crippen LogP contribution in [-0.2, 0) is 0 Å². The van der Waals surface area contributed by atoms with E-state index in [1.807, 2.05) is 6.07 Å². The Morgan fingerprint density at radius 3 is 2.81 bits per heavy atom. The zero-order valence-corrected chi connectivity index (χ0v) is 11.3. The molecule has 2 nitrogen and oxygen atoms in total. The SMILES string of the molecule is C[C@@H](NCCCCCO)c1cccc(Br)c1. The average molecular weight is 286 g/mol. The largest absolute Gasteiger partial charge is 0.396 e. The molecule has 0 amide bonds. The zero-order valence-electron chi connectivity index (χ0n) is 9.75. The molecule has 90 valence electrons. The maximum atomic E-state index is 8.66. The highest BCUT2D eigenvalue weighted by atomic mass is 79.9. The molecule has 1 aromatic carbocycles. The molecule has 0 aliphatic rings. The minimum Gasteiger partial charge on any atom is -0.396 e. The topological polar surface area (TPSA) is 32.3 Å². The van der Waals surface area contributed by atoms with Crippen LogP contribution >= 0.6 is 15.9 Å². The molecular formula is C13H20BrNO. The van der Waals surface area contributed by atoms with E-state index in [4.69, 9.17) is 5.11 Å². The maximum Gasteiger partial charge on any atom is 0.0431 e. The molecule has 0 heterocycles.